The molecule has 0 radical (unpaired) electrons. The van der Waals surface area contributed by atoms with E-state index in [2.05, 4.69) is 20.8 Å². The van der Waals surface area contributed by atoms with Crippen molar-refractivity contribution in [2.45, 2.75) is 6.92 Å². The van der Waals surface area contributed by atoms with Gasteiger partial charge in [-0.05, 0) is 19.1 Å². The highest BCUT2D eigenvalue weighted by atomic mass is 16.5. The molecule has 9 nitrogen and oxygen atoms in total. The molecule has 3 aromatic rings. The first kappa shape index (κ1) is 19.0. The summed E-state index contributed by atoms with van der Waals surface area (Å²) in [5.41, 5.74) is 1.64. The SMILES string of the molecule is COc1cc(Nc2ccc(C(=O)Nc3cc(C)on3)nc2)cc(OC)c1OC. The van der Waals surface area contributed by atoms with Crippen molar-refractivity contribution in [3.63, 3.8) is 0 Å². The van der Waals surface area contributed by atoms with Crippen LogP contribution in [-0.4, -0.2) is 37.4 Å². The van der Waals surface area contributed by atoms with E-state index in [0.717, 1.165) is 0 Å². The van der Waals surface area contributed by atoms with Gasteiger partial charge >= 0.3 is 0 Å². The summed E-state index contributed by atoms with van der Waals surface area (Å²) in [6.45, 7) is 1.74. The summed E-state index contributed by atoms with van der Waals surface area (Å²) in [4.78, 5) is 16.4. The predicted octanol–water partition coefficient (Wildman–Crippen LogP) is 3.40. The van der Waals surface area contributed by atoms with Gasteiger partial charge in [0.1, 0.15) is 11.5 Å². The number of carbonyl (C=O) groups excluding carboxylic acids is 1. The van der Waals surface area contributed by atoms with Crippen LogP contribution in [0.15, 0.2) is 41.1 Å². The minimum Gasteiger partial charge on any atom is -0.493 e. The number of aromatic nitrogens is 2. The number of nitrogens with one attached hydrogen (secondary N) is 2. The number of hydrogen-bond donors (Lipinski definition) is 2. The molecule has 28 heavy (non-hydrogen) atoms. The number of pyridine rings is 1. The Hall–Kier alpha value is -3.75. The molecule has 0 fully saturated rings. The van der Waals surface area contributed by atoms with Crippen molar-refractivity contribution < 1.29 is 23.5 Å². The summed E-state index contributed by atoms with van der Waals surface area (Å²) in [6.07, 6.45) is 1.55. The molecule has 2 N–H and O–H groups in total. The first-order chi connectivity index (χ1) is 13.5. The summed E-state index contributed by atoms with van der Waals surface area (Å²) in [5, 5.41) is 9.52. The molecule has 146 valence electrons. The topological polar surface area (TPSA) is 108 Å². The van der Waals surface area contributed by atoms with E-state index < -0.39 is 0 Å². The molecule has 0 aliphatic rings. The Morgan fingerprint density at radius 1 is 1.00 bits per heavy atom. The minimum atomic E-state index is -0.382. The van der Waals surface area contributed by atoms with Crippen molar-refractivity contribution in [2.24, 2.45) is 0 Å². The summed E-state index contributed by atoms with van der Waals surface area (Å²) in [6, 6.07) is 8.50. The lowest BCUT2D eigenvalue weighted by molar-refractivity contribution is 0.102. The standard InChI is InChI=1S/C19H20N4O5/c1-11-7-17(23-28-11)22-19(24)14-6-5-12(10-20-14)21-13-8-15(25-2)18(27-4)16(9-13)26-3/h5-10,21H,1-4H3,(H,22,23,24). The number of methoxy groups -OCH3 is 3. The quantitative estimate of drug-likeness (QED) is 0.638. The fraction of sp³-hybridized carbons (Fsp3) is 0.211. The number of aryl methyl sites for hydroxylation is 1. The molecular weight excluding hydrogens is 364 g/mol. The second-order valence-electron chi connectivity index (χ2n) is 5.75. The Morgan fingerprint density at radius 2 is 1.71 bits per heavy atom. The lowest BCUT2D eigenvalue weighted by atomic mass is 10.2. The highest BCUT2D eigenvalue weighted by Gasteiger charge is 2.14. The van der Waals surface area contributed by atoms with Crippen LogP contribution in [0.5, 0.6) is 17.2 Å². The maximum absolute atomic E-state index is 12.2. The van der Waals surface area contributed by atoms with Gasteiger partial charge in [0.25, 0.3) is 5.91 Å². The third-order valence-corrected chi connectivity index (χ3v) is 3.82. The van der Waals surface area contributed by atoms with Crippen molar-refractivity contribution in [1.82, 2.24) is 10.1 Å². The van der Waals surface area contributed by atoms with Gasteiger partial charge in [0.2, 0.25) is 5.75 Å². The highest BCUT2D eigenvalue weighted by molar-refractivity contribution is 6.02. The number of nitrogens with zero attached hydrogens (tertiary/aromatic N) is 2. The average Bonchev–Trinajstić information content (AvgIpc) is 3.12. The van der Waals surface area contributed by atoms with Crippen LogP contribution in [0.3, 0.4) is 0 Å². The third kappa shape index (κ3) is 4.14. The lowest BCUT2D eigenvalue weighted by Crippen LogP contribution is -2.13. The van der Waals surface area contributed by atoms with Crippen molar-refractivity contribution in [3.8, 4) is 17.2 Å². The van der Waals surface area contributed by atoms with E-state index in [1.807, 2.05) is 0 Å². The van der Waals surface area contributed by atoms with Crippen LogP contribution in [0.2, 0.25) is 0 Å². The number of rotatable bonds is 7. The van der Waals surface area contributed by atoms with Crippen LogP contribution in [-0.2, 0) is 0 Å². The van der Waals surface area contributed by atoms with E-state index in [4.69, 9.17) is 18.7 Å². The van der Waals surface area contributed by atoms with Crippen LogP contribution >= 0.6 is 0 Å². The van der Waals surface area contributed by atoms with E-state index >= 15 is 0 Å². The molecule has 0 saturated heterocycles. The number of anilines is 3. The molecule has 3 rings (SSSR count). The molecule has 1 aromatic carbocycles. The van der Waals surface area contributed by atoms with Gasteiger partial charge in [-0.2, -0.15) is 0 Å². The van der Waals surface area contributed by atoms with Crippen molar-refractivity contribution in [3.05, 3.63) is 48.0 Å². The molecule has 0 aliphatic carbocycles. The van der Waals surface area contributed by atoms with Crippen LogP contribution < -0.4 is 24.8 Å². The van der Waals surface area contributed by atoms with Gasteiger partial charge in [-0.1, -0.05) is 5.16 Å². The average molecular weight is 384 g/mol. The van der Waals surface area contributed by atoms with Crippen molar-refractivity contribution in [1.29, 1.82) is 0 Å². The lowest BCUT2D eigenvalue weighted by Gasteiger charge is -2.15. The number of ether oxygens (including phenoxy) is 3. The molecule has 1 amide bonds. The Balaban J connectivity index is 1.74. The van der Waals surface area contributed by atoms with E-state index in [9.17, 15) is 4.79 Å². The normalized spacial score (nSPS) is 10.3. The second-order valence-corrected chi connectivity index (χ2v) is 5.75. The smallest absolute Gasteiger partial charge is 0.275 e. The Labute approximate surface area is 161 Å². The number of carbonyl (C=O) groups is 1. The zero-order valence-electron chi connectivity index (χ0n) is 15.9. The molecule has 9 heteroatoms. The van der Waals surface area contributed by atoms with Gasteiger partial charge in [-0.25, -0.2) is 4.98 Å². The number of amides is 1. The Kier molecular flexibility index (Phi) is 5.64. The van der Waals surface area contributed by atoms with Gasteiger partial charge in [0, 0.05) is 23.9 Å². The molecule has 0 spiro atoms. The zero-order valence-corrected chi connectivity index (χ0v) is 15.9. The summed E-state index contributed by atoms with van der Waals surface area (Å²) in [5.74, 6) is 2.11. The van der Waals surface area contributed by atoms with E-state index in [0.29, 0.717) is 40.2 Å². The molecule has 2 heterocycles. The number of benzene rings is 1. The fourth-order valence-corrected chi connectivity index (χ4v) is 2.53. The highest BCUT2D eigenvalue weighted by Crippen LogP contribution is 2.40. The molecular formula is C19H20N4O5. The minimum absolute atomic E-state index is 0.246. The summed E-state index contributed by atoms with van der Waals surface area (Å²) < 4.78 is 20.9. The van der Waals surface area contributed by atoms with E-state index in [1.165, 1.54) is 0 Å². The van der Waals surface area contributed by atoms with Crippen LogP contribution in [0, 0.1) is 6.92 Å². The van der Waals surface area contributed by atoms with Gasteiger partial charge in [0.05, 0.1) is 33.2 Å². The van der Waals surface area contributed by atoms with Crippen LogP contribution in [0.25, 0.3) is 0 Å². The van der Waals surface area contributed by atoms with Crippen LogP contribution in [0.1, 0.15) is 16.2 Å². The van der Waals surface area contributed by atoms with Crippen molar-refractivity contribution >= 4 is 23.1 Å². The van der Waals surface area contributed by atoms with Gasteiger partial charge in [-0.15, -0.1) is 0 Å². The largest absolute Gasteiger partial charge is 0.493 e. The predicted molar refractivity (Wildman–Crippen MR) is 103 cm³/mol. The van der Waals surface area contributed by atoms with Gasteiger partial charge in [-0.3, -0.25) is 4.79 Å². The van der Waals surface area contributed by atoms with Crippen molar-refractivity contribution in [2.75, 3.05) is 32.0 Å². The van der Waals surface area contributed by atoms with Crippen LogP contribution in [0.4, 0.5) is 17.2 Å². The molecule has 0 unspecified atom stereocenters. The zero-order chi connectivity index (χ0) is 20.1. The maximum atomic E-state index is 12.2. The monoisotopic (exact) mass is 384 g/mol. The molecule has 0 saturated carbocycles. The Bertz CT molecular complexity index is 944. The van der Waals surface area contributed by atoms with E-state index in [-0.39, 0.29) is 11.6 Å². The van der Waals surface area contributed by atoms with Gasteiger partial charge in [0.15, 0.2) is 17.3 Å². The first-order valence-corrected chi connectivity index (χ1v) is 8.31. The Morgan fingerprint density at radius 3 is 2.21 bits per heavy atom. The summed E-state index contributed by atoms with van der Waals surface area (Å²) >= 11 is 0. The van der Waals surface area contributed by atoms with E-state index in [1.54, 1.807) is 64.8 Å². The summed E-state index contributed by atoms with van der Waals surface area (Å²) in [7, 11) is 4.64. The van der Waals surface area contributed by atoms with Gasteiger partial charge < -0.3 is 29.4 Å². The second kappa shape index (κ2) is 8.30. The molecule has 0 bridgehead atoms. The number of hydrogen-bond acceptors (Lipinski definition) is 8. The maximum Gasteiger partial charge on any atom is 0.275 e. The first-order valence-electron chi connectivity index (χ1n) is 8.31. The molecule has 0 atom stereocenters. The molecule has 0 aliphatic heterocycles. The third-order valence-electron chi connectivity index (χ3n) is 3.82. The fourth-order valence-electron chi connectivity index (χ4n) is 2.53. The molecule has 2 aromatic heterocycles.